The highest BCUT2D eigenvalue weighted by Gasteiger charge is 2.25. The molecule has 0 aliphatic carbocycles. The predicted octanol–water partition coefficient (Wildman–Crippen LogP) is 13.5. The largest absolute Gasteiger partial charge is 0.455 e. The van der Waals surface area contributed by atoms with Crippen molar-refractivity contribution < 1.29 is 40.1 Å². The van der Waals surface area contributed by atoms with Crippen LogP contribution in [0.4, 0.5) is 0 Å². The second-order valence-electron chi connectivity index (χ2n) is 11.3. The summed E-state index contributed by atoms with van der Waals surface area (Å²) in [6.45, 7) is 0. The monoisotopic (exact) mass is 702 g/mol. The average molecular weight is 703 g/mol. The minimum absolute atomic E-state index is 0.0183. The molecule has 0 aliphatic heterocycles. The number of pyridine rings is 2. The lowest BCUT2D eigenvalue weighted by atomic mass is 9.90. The maximum Gasteiger partial charge on any atom is 0.143 e. The van der Waals surface area contributed by atoms with Crippen molar-refractivity contribution in [2.75, 3.05) is 0 Å². The topological polar surface area (TPSA) is 38.9 Å². The number of hydrogen-bond donors (Lipinski definition) is 0. The highest BCUT2D eigenvalue weighted by molar-refractivity contribution is 6.08. The van der Waals surface area contributed by atoms with Gasteiger partial charge >= 0.3 is 0 Å². The Labute approximate surface area is 344 Å². The molecule has 10 aromatic rings. The van der Waals surface area contributed by atoms with E-state index in [4.69, 9.17) is 31.8 Å². The molecule has 3 aromatic heterocycles. The van der Waals surface area contributed by atoms with Gasteiger partial charge in [0.05, 0.1) is 52.4 Å². The van der Waals surface area contributed by atoms with E-state index in [1.165, 1.54) is 18.2 Å². The summed E-state index contributed by atoms with van der Waals surface area (Å²) in [6, 6.07) is -12.5. The Morgan fingerprint density at radius 1 is 0.434 bits per heavy atom. The summed E-state index contributed by atoms with van der Waals surface area (Å²) in [5, 5.41) is -0.172. The molecule has 0 atom stereocenters. The van der Waals surface area contributed by atoms with Crippen LogP contribution < -0.4 is 0 Å². The number of furan rings is 1. The lowest BCUT2D eigenvalue weighted by Crippen LogP contribution is -1.91. The first kappa shape index (κ1) is 14.1. The van der Waals surface area contributed by atoms with E-state index in [9.17, 15) is 8.22 Å². The van der Waals surface area contributed by atoms with Gasteiger partial charge in [0.25, 0.3) is 0 Å². The van der Waals surface area contributed by atoms with Crippen LogP contribution in [0.2, 0.25) is 0 Å². The summed E-state index contributed by atoms with van der Waals surface area (Å²) in [4.78, 5) is 8.79. The van der Waals surface area contributed by atoms with Crippen molar-refractivity contribution in [1.82, 2.24) is 9.97 Å². The molecule has 53 heavy (non-hydrogen) atoms. The van der Waals surface area contributed by atoms with Crippen LogP contribution in [0.1, 0.15) is 35.6 Å². The zero-order valence-corrected chi connectivity index (χ0v) is 26.8. The molecular weight excluding hydrogens is 645 g/mol. The first-order valence-corrected chi connectivity index (χ1v) is 15.8. The fourth-order valence-corrected chi connectivity index (χ4v) is 6.13. The van der Waals surface area contributed by atoms with Gasteiger partial charge in [-0.25, -0.2) is 4.98 Å². The first-order valence-electron chi connectivity index (χ1n) is 28.8. The summed E-state index contributed by atoms with van der Waals surface area (Å²) >= 11 is 0. The van der Waals surface area contributed by atoms with Gasteiger partial charge in [0, 0.05) is 44.8 Å². The summed E-state index contributed by atoms with van der Waals surface area (Å²) in [5.74, 6) is -1.78. The number of aromatic nitrogens is 2. The summed E-state index contributed by atoms with van der Waals surface area (Å²) in [5.41, 5.74) is -5.83. The van der Waals surface area contributed by atoms with Gasteiger partial charge in [0.15, 0.2) is 0 Å². The van der Waals surface area contributed by atoms with E-state index < -0.39 is 208 Å². The molecule has 7 aromatic carbocycles. The van der Waals surface area contributed by atoms with E-state index in [0.717, 1.165) is 0 Å². The Hall–Kier alpha value is -7.10. The molecule has 0 amide bonds. The fourth-order valence-electron chi connectivity index (χ4n) is 6.13. The van der Waals surface area contributed by atoms with Crippen LogP contribution in [0.25, 0.3) is 99.9 Å². The van der Waals surface area contributed by atoms with E-state index in [1.54, 1.807) is 18.2 Å². The number of nitrogens with zero attached hydrogens (tertiary/aromatic N) is 2. The molecule has 3 heterocycles. The molecule has 0 fully saturated rings. The molecule has 0 radical (unpaired) electrons. The molecule has 3 heteroatoms. The second kappa shape index (κ2) is 12.9. The van der Waals surface area contributed by atoms with E-state index in [-0.39, 0.29) is 49.4 Å². The molecular formula is C50H32N2O. The van der Waals surface area contributed by atoms with Gasteiger partial charge in [-0.1, -0.05) is 169 Å². The molecule has 0 spiro atoms. The van der Waals surface area contributed by atoms with Crippen LogP contribution in [0.3, 0.4) is 0 Å². The zero-order chi connectivity index (χ0) is 57.8. The molecule has 0 aliphatic rings. The number of fused-ring (bicyclic) bond motifs is 4. The van der Waals surface area contributed by atoms with Crippen molar-refractivity contribution in [3.8, 4) is 67.3 Å². The molecule has 0 N–H and O–H groups in total. The van der Waals surface area contributed by atoms with Crippen molar-refractivity contribution in [3.05, 3.63) is 194 Å². The van der Waals surface area contributed by atoms with Crippen LogP contribution in [0.15, 0.2) is 198 Å². The number of rotatable bonds is 6. The third kappa shape index (κ3) is 5.38. The SMILES string of the molecule is [2H]c1nc2c(c([2H])c1[2H])c([2H])c([2H])c1c([2H])c([2H])c(-c3ccc(-c4c([2H])c([2H])c([2H])c(-c5oc(-c6c([2H])c([2H])c([2H])c([2H])c6[2H])c(-c6c([2H])c([2H])c([2H])c([2H])c6[2H])c5-c5c([2H])c([2H])c([2H])c([2H])c5[2H])c4[2H])c4ccccc34)nc12. The maximum absolute atomic E-state index is 9.99. The van der Waals surface area contributed by atoms with Crippen LogP contribution in [0.5, 0.6) is 0 Å². The molecule has 248 valence electrons. The van der Waals surface area contributed by atoms with Gasteiger partial charge in [-0.3, -0.25) is 4.98 Å². The molecule has 3 nitrogen and oxygen atoms in total. The first-order chi connectivity index (χ1) is 37.1. The third-order valence-electron chi connectivity index (χ3n) is 8.39. The Balaban J connectivity index is 1.36. The molecule has 0 saturated heterocycles. The molecule has 0 saturated carbocycles. The van der Waals surface area contributed by atoms with Crippen LogP contribution in [0, 0.1) is 0 Å². The van der Waals surface area contributed by atoms with Crippen LogP contribution in [-0.2, 0) is 0 Å². The van der Waals surface area contributed by atoms with E-state index in [1.807, 2.05) is 0 Å². The van der Waals surface area contributed by atoms with E-state index in [0.29, 0.717) is 0 Å². The minimum atomic E-state index is -1.01. The Morgan fingerprint density at radius 2 is 0.981 bits per heavy atom. The summed E-state index contributed by atoms with van der Waals surface area (Å²) < 4.78 is 237. The lowest BCUT2D eigenvalue weighted by Gasteiger charge is -2.13. The van der Waals surface area contributed by atoms with Crippen molar-refractivity contribution in [3.63, 3.8) is 0 Å². The zero-order valence-electron chi connectivity index (χ0n) is 52.8. The van der Waals surface area contributed by atoms with Gasteiger partial charge in [-0.15, -0.1) is 0 Å². The van der Waals surface area contributed by atoms with Crippen LogP contribution >= 0.6 is 0 Å². The molecule has 0 bridgehead atoms. The van der Waals surface area contributed by atoms with Gasteiger partial charge in [0.2, 0.25) is 0 Å². The van der Waals surface area contributed by atoms with Crippen molar-refractivity contribution in [1.29, 1.82) is 0 Å². The third-order valence-corrected chi connectivity index (χ3v) is 8.39. The fraction of sp³-hybridized carbons (Fsp3) is 0. The minimum Gasteiger partial charge on any atom is -0.455 e. The standard InChI is InChI=1S/C50H32N2O/c1-4-14-33(15-5-1)45-46(34-16-6-2-7-17-34)50(53-49(45)37-18-8-3-9-19-37)39-21-12-20-38(32-39)40-28-29-43(42-24-11-10-23-41(40)42)44-30-27-36-26-25-35-22-13-31-51-47(35)48(36)52-44/h1-32H/i1D,2D,3D,4D,5D,6D,7D,8D,9D,12D,13D,14D,15D,16D,17D,18D,19D,20D,21D,22D,25D,26D,27D,30D,31D,32D. The van der Waals surface area contributed by atoms with Gasteiger partial charge in [0.1, 0.15) is 11.5 Å². The van der Waals surface area contributed by atoms with Gasteiger partial charge in [-0.2, -0.15) is 0 Å². The van der Waals surface area contributed by atoms with Gasteiger partial charge in [-0.05, 0) is 51.2 Å². The average Bonchev–Trinajstić information content (AvgIpc) is 4.08. The van der Waals surface area contributed by atoms with Gasteiger partial charge < -0.3 is 4.42 Å². The quantitative estimate of drug-likeness (QED) is 0.162. The highest BCUT2D eigenvalue weighted by atomic mass is 16.3. The Morgan fingerprint density at radius 3 is 1.68 bits per heavy atom. The van der Waals surface area contributed by atoms with Crippen molar-refractivity contribution >= 4 is 32.6 Å². The highest BCUT2D eigenvalue weighted by Crippen LogP contribution is 2.49. The van der Waals surface area contributed by atoms with Crippen LogP contribution in [-0.4, -0.2) is 9.97 Å². The normalized spacial score (nSPS) is 18.3. The lowest BCUT2D eigenvalue weighted by molar-refractivity contribution is 0.599. The Kier molecular flexibility index (Phi) is 3.44. The smallest absolute Gasteiger partial charge is 0.143 e. The molecule has 0 unspecified atom stereocenters. The van der Waals surface area contributed by atoms with E-state index in [2.05, 4.69) is 9.97 Å². The number of benzene rings is 7. The van der Waals surface area contributed by atoms with Crippen molar-refractivity contribution in [2.24, 2.45) is 0 Å². The summed E-state index contributed by atoms with van der Waals surface area (Å²) in [7, 11) is 0. The Bertz CT molecular complexity index is 4370. The number of hydrogen-bond acceptors (Lipinski definition) is 3. The molecule has 10 rings (SSSR count). The van der Waals surface area contributed by atoms with E-state index >= 15 is 0 Å². The summed E-state index contributed by atoms with van der Waals surface area (Å²) in [6.07, 6.45) is -0.648. The second-order valence-corrected chi connectivity index (χ2v) is 11.3. The van der Waals surface area contributed by atoms with Crippen molar-refractivity contribution in [2.45, 2.75) is 0 Å². The maximum atomic E-state index is 9.99. The predicted molar refractivity (Wildman–Crippen MR) is 219 cm³/mol.